The van der Waals surface area contributed by atoms with Gasteiger partial charge in [0.25, 0.3) is 23.6 Å². The Bertz CT molecular complexity index is 915. The first-order chi connectivity index (χ1) is 13.0. The van der Waals surface area contributed by atoms with E-state index in [0.717, 1.165) is 34.1 Å². The summed E-state index contributed by atoms with van der Waals surface area (Å²) in [6.45, 7) is 0. The van der Waals surface area contributed by atoms with Crippen molar-refractivity contribution in [1.82, 2.24) is 9.80 Å². The predicted octanol–water partition coefficient (Wildman–Crippen LogP) is 0.645. The van der Waals surface area contributed by atoms with Gasteiger partial charge >= 0.3 is 0 Å². The van der Waals surface area contributed by atoms with Gasteiger partial charge in [-0.25, -0.2) is 0 Å². The number of fused-ring (bicyclic) bond motifs is 2. The third kappa shape index (κ3) is 3.42. The largest absolute Gasteiger partial charge is 0.504 e. The molecular weight excluding hydrogens is 556 g/mol. The quantitative estimate of drug-likeness (QED) is 0.266. The molecule has 0 fully saturated rings. The van der Waals surface area contributed by atoms with Gasteiger partial charge in [0.15, 0.2) is 23.0 Å². The Labute approximate surface area is 177 Å². The van der Waals surface area contributed by atoms with Crippen LogP contribution in [0.4, 0.5) is 0 Å². The van der Waals surface area contributed by atoms with E-state index < -0.39 is 46.6 Å². The van der Waals surface area contributed by atoms with Gasteiger partial charge in [-0.1, -0.05) is 0 Å². The molecule has 4 rings (SSSR count). The van der Waals surface area contributed by atoms with E-state index in [1.54, 1.807) is 0 Å². The molecule has 0 aromatic heterocycles. The van der Waals surface area contributed by atoms with Crippen LogP contribution in [0.15, 0.2) is 24.3 Å². The van der Waals surface area contributed by atoms with E-state index >= 15 is 0 Å². The first-order valence-corrected chi connectivity index (χ1v) is 7.81. The van der Waals surface area contributed by atoms with Crippen LogP contribution in [0, 0.1) is 0 Å². The van der Waals surface area contributed by atoms with E-state index in [0.29, 0.717) is 0 Å². The zero-order valence-corrected chi connectivity index (χ0v) is 18.0. The summed E-state index contributed by atoms with van der Waals surface area (Å²) in [6.07, 6.45) is 0. The number of rotatable bonds is 0. The van der Waals surface area contributed by atoms with Crippen LogP contribution < -0.4 is 0 Å². The Kier molecular flexibility index (Phi) is 5.71. The molecule has 150 valence electrons. The molecule has 2 aliphatic rings. The van der Waals surface area contributed by atoms with Crippen LogP contribution in [0.3, 0.4) is 0 Å². The molecule has 4 amide bonds. The number of hydrogen-bond donors (Lipinski definition) is 4. The monoisotopic (exact) mass is 570 g/mol. The topological polar surface area (TPSA) is 156 Å². The maximum atomic E-state index is 11.4. The smallest absolute Gasteiger partial charge is 0.261 e. The Hall–Kier alpha value is -3.39. The first-order valence-electron chi connectivity index (χ1n) is 7.81. The Balaban J connectivity index is 0.000000200. The van der Waals surface area contributed by atoms with Crippen LogP contribution in [0.1, 0.15) is 41.4 Å². The van der Waals surface area contributed by atoms with Gasteiger partial charge in [-0.05, 0) is 24.3 Å². The number of nitrogens with zero attached hydrogens (tertiary/aromatic N) is 2. The van der Waals surface area contributed by atoms with E-state index in [2.05, 4.69) is 0 Å². The van der Waals surface area contributed by atoms with E-state index in [9.17, 15) is 19.2 Å². The van der Waals surface area contributed by atoms with Crippen molar-refractivity contribution < 1.29 is 60.7 Å². The molecule has 0 saturated carbocycles. The zero-order valence-electron chi connectivity index (χ0n) is 15.0. The number of carbonyl (C=O) groups excluding carboxylic acids is 4. The molecule has 2 aromatic carbocycles. The summed E-state index contributed by atoms with van der Waals surface area (Å²) in [4.78, 5) is 47.4. The average Bonchev–Trinajstić information content (AvgIpc) is 2.98. The fraction of sp³-hybridized carbons (Fsp3) is 0.111. The first kappa shape index (κ1) is 21.9. The van der Waals surface area contributed by atoms with E-state index in [4.69, 9.17) is 20.4 Å². The van der Waals surface area contributed by atoms with Crippen molar-refractivity contribution in [3.63, 3.8) is 0 Å². The minimum atomic E-state index is -0.472. The molecule has 2 aromatic rings. The molecule has 0 atom stereocenters. The second-order valence-corrected chi connectivity index (χ2v) is 6.11. The summed E-state index contributed by atoms with van der Waals surface area (Å²) in [5, 5.41) is 36.6. The zero-order chi connectivity index (χ0) is 20.9. The standard InChI is InChI=1S/2C9H7NO4.W/c2*1-10-8(13)4-2-6(11)7(12)3-5(4)9(10)14;/h2*2-3,11-12H,1H3;. The van der Waals surface area contributed by atoms with Gasteiger partial charge < -0.3 is 20.4 Å². The summed E-state index contributed by atoms with van der Waals surface area (Å²) in [5.41, 5.74) is 0.473. The van der Waals surface area contributed by atoms with Crippen LogP contribution in [-0.4, -0.2) is 67.9 Å². The molecule has 4 N–H and O–H groups in total. The maximum Gasteiger partial charge on any atom is 0.261 e. The average molecular weight is 570 g/mol. The van der Waals surface area contributed by atoms with Gasteiger partial charge in [-0.2, -0.15) is 0 Å². The number of hydrogen-bond acceptors (Lipinski definition) is 8. The van der Waals surface area contributed by atoms with Crippen molar-refractivity contribution in [3.05, 3.63) is 46.5 Å². The molecule has 2 heterocycles. The molecule has 11 heteroatoms. The molecule has 0 unspecified atom stereocenters. The second kappa shape index (κ2) is 7.55. The second-order valence-electron chi connectivity index (χ2n) is 6.11. The molecule has 29 heavy (non-hydrogen) atoms. The Morgan fingerprint density at radius 1 is 0.517 bits per heavy atom. The van der Waals surface area contributed by atoms with Crippen LogP contribution in [0.5, 0.6) is 23.0 Å². The normalized spacial score (nSPS) is 14.3. The molecule has 0 radical (unpaired) electrons. The summed E-state index contributed by atoms with van der Waals surface area (Å²) in [6, 6.07) is 4.37. The van der Waals surface area contributed by atoms with E-state index in [1.165, 1.54) is 14.1 Å². The Morgan fingerprint density at radius 3 is 0.862 bits per heavy atom. The molecular formula is C18H14N2O8W. The minimum absolute atomic E-state index is 0. The van der Waals surface area contributed by atoms with Crippen molar-refractivity contribution >= 4 is 23.6 Å². The Morgan fingerprint density at radius 2 is 0.690 bits per heavy atom. The van der Waals surface area contributed by atoms with Crippen molar-refractivity contribution in [2.75, 3.05) is 14.1 Å². The van der Waals surface area contributed by atoms with Gasteiger partial charge in [0.2, 0.25) is 0 Å². The fourth-order valence-corrected chi connectivity index (χ4v) is 2.77. The molecule has 10 nitrogen and oxygen atoms in total. The van der Waals surface area contributed by atoms with Gasteiger partial charge in [-0.3, -0.25) is 29.0 Å². The van der Waals surface area contributed by atoms with Crippen molar-refractivity contribution in [1.29, 1.82) is 0 Å². The molecule has 0 aliphatic carbocycles. The van der Waals surface area contributed by atoms with Crippen LogP contribution >= 0.6 is 0 Å². The summed E-state index contributed by atoms with van der Waals surface area (Å²) in [5.74, 6) is -3.50. The fourth-order valence-electron chi connectivity index (χ4n) is 2.77. The molecule has 0 bridgehead atoms. The summed E-state index contributed by atoms with van der Waals surface area (Å²) >= 11 is 0. The number of phenolic OH excluding ortho intramolecular Hbond substituents is 4. The number of amides is 4. The number of benzene rings is 2. The number of imide groups is 2. The third-order valence-corrected chi connectivity index (χ3v) is 4.37. The van der Waals surface area contributed by atoms with Gasteiger partial charge in [0.05, 0.1) is 22.3 Å². The van der Waals surface area contributed by atoms with E-state index in [-0.39, 0.29) is 43.3 Å². The maximum absolute atomic E-state index is 11.4. The van der Waals surface area contributed by atoms with Crippen molar-refractivity contribution in [2.45, 2.75) is 0 Å². The van der Waals surface area contributed by atoms with Crippen LogP contribution in [-0.2, 0) is 21.1 Å². The number of carbonyl (C=O) groups is 4. The molecule has 0 spiro atoms. The molecule has 0 saturated heterocycles. The third-order valence-electron chi connectivity index (χ3n) is 4.37. The van der Waals surface area contributed by atoms with E-state index in [1.807, 2.05) is 0 Å². The van der Waals surface area contributed by atoms with Crippen LogP contribution in [0.2, 0.25) is 0 Å². The summed E-state index contributed by atoms with van der Waals surface area (Å²) < 4.78 is 0. The minimum Gasteiger partial charge on any atom is -0.504 e. The summed E-state index contributed by atoms with van der Waals surface area (Å²) in [7, 11) is 2.69. The number of aromatic hydroxyl groups is 4. The van der Waals surface area contributed by atoms with Crippen molar-refractivity contribution in [3.8, 4) is 23.0 Å². The predicted molar refractivity (Wildman–Crippen MR) is 92.4 cm³/mol. The van der Waals surface area contributed by atoms with Gasteiger partial charge in [-0.15, -0.1) is 0 Å². The SMILES string of the molecule is CN1C(=O)c2cc(O)c(O)cc2C1=O.CN1C(=O)c2cc(O)c(O)cc2C1=O.[W]. The number of phenols is 4. The molecule has 2 aliphatic heterocycles. The van der Waals surface area contributed by atoms with Gasteiger partial charge in [0.1, 0.15) is 0 Å². The van der Waals surface area contributed by atoms with Gasteiger partial charge in [0, 0.05) is 35.2 Å². The van der Waals surface area contributed by atoms with Crippen LogP contribution in [0.25, 0.3) is 0 Å². The van der Waals surface area contributed by atoms with Crippen molar-refractivity contribution in [2.24, 2.45) is 0 Å².